The Kier molecular flexibility index (Phi) is 1.37. The molecule has 3 nitrogen and oxygen atoms in total. The lowest BCUT2D eigenvalue weighted by Crippen LogP contribution is -1.94. The van der Waals surface area contributed by atoms with Gasteiger partial charge < -0.3 is 10.3 Å². The number of imidazole rings is 1. The molecule has 0 radical (unpaired) electrons. The van der Waals surface area contributed by atoms with Gasteiger partial charge in [-0.1, -0.05) is 0 Å². The zero-order valence-corrected chi connectivity index (χ0v) is 7.57. The molecular weight excluding hydrogens is 181 g/mol. The fourth-order valence-electron chi connectivity index (χ4n) is 1.71. The van der Waals surface area contributed by atoms with Crippen molar-refractivity contribution in [1.29, 1.82) is 0 Å². The molecule has 14 heavy (non-hydrogen) atoms. The van der Waals surface area contributed by atoms with Crippen LogP contribution in [0.1, 0.15) is 18.9 Å². The Morgan fingerprint density at radius 2 is 2.21 bits per heavy atom. The molecule has 1 saturated carbocycles. The summed E-state index contributed by atoms with van der Waals surface area (Å²) in [6.45, 7) is 0. The molecule has 0 amide bonds. The summed E-state index contributed by atoms with van der Waals surface area (Å²) in [6, 6.07) is 3.57. The molecule has 1 aliphatic carbocycles. The third-order valence-electron chi connectivity index (χ3n) is 2.63. The summed E-state index contributed by atoms with van der Waals surface area (Å²) in [4.78, 5) is 4.20. The molecule has 0 aliphatic heterocycles. The fourth-order valence-corrected chi connectivity index (χ4v) is 1.71. The molecule has 1 heterocycles. The first-order valence-electron chi connectivity index (χ1n) is 4.67. The number of hydrogen-bond donors (Lipinski definition) is 1. The number of nitrogens with zero attached hydrogens (tertiary/aromatic N) is 2. The van der Waals surface area contributed by atoms with Gasteiger partial charge in [-0.2, -0.15) is 0 Å². The number of hydrogen-bond acceptors (Lipinski definition) is 2. The zero-order chi connectivity index (χ0) is 9.71. The molecule has 2 aromatic rings. The second kappa shape index (κ2) is 2.47. The van der Waals surface area contributed by atoms with E-state index in [0.29, 0.717) is 6.04 Å². The Labute approximate surface area is 80.3 Å². The van der Waals surface area contributed by atoms with E-state index in [1.54, 1.807) is 12.4 Å². The first-order valence-corrected chi connectivity index (χ1v) is 4.67. The largest absolute Gasteiger partial charge is 0.396 e. The first kappa shape index (κ1) is 7.79. The predicted molar refractivity (Wildman–Crippen MR) is 52.4 cm³/mol. The number of aromatic nitrogens is 2. The van der Waals surface area contributed by atoms with Gasteiger partial charge in [0.15, 0.2) is 0 Å². The molecular formula is C10H10FN3. The second-order valence-corrected chi connectivity index (χ2v) is 3.75. The molecule has 4 heteroatoms. The fraction of sp³-hybridized carbons (Fsp3) is 0.300. The quantitative estimate of drug-likeness (QED) is 0.701. The van der Waals surface area contributed by atoms with Crippen LogP contribution in [0.5, 0.6) is 0 Å². The van der Waals surface area contributed by atoms with Gasteiger partial charge >= 0.3 is 0 Å². The second-order valence-electron chi connectivity index (χ2n) is 3.75. The van der Waals surface area contributed by atoms with Crippen molar-refractivity contribution in [3.8, 4) is 0 Å². The Hall–Kier alpha value is -1.58. The summed E-state index contributed by atoms with van der Waals surface area (Å²) in [5.74, 6) is -0.361. The Bertz CT molecular complexity index is 499. The van der Waals surface area contributed by atoms with Crippen LogP contribution < -0.4 is 5.73 Å². The van der Waals surface area contributed by atoms with Gasteiger partial charge in [-0.05, 0) is 18.9 Å². The van der Waals surface area contributed by atoms with Gasteiger partial charge in [0.25, 0.3) is 0 Å². The van der Waals surface area contributed by atoms with Crippen molar-refractivity contribution < 1.29 is 4.39 Å². The van der Waals surface area contributed by atoms with Crippen molar-refractivity contribution in [2.24, 2.45) is 0 Å². The molecule has 0 saturated heterocycles. The molecule has 0 atom stereocenters. The normalized spacial score (nSPS) is 16.4. The van der Waals surface area contributed by atoms with Crippen LogP contribution in [0.2, 0.25) is 0 Å². The van der Waals surface area contributed by atoms with Crippen LogP contribution in [0.15, 0.2) is 18.5 Å². The maximum atomic E-state index is 13.2. The van der Waals surface area contributed by atoms with E-state index in [4.69, 9.17) is 5.73 Å². The number of anilines is 1. The number of nitrogen functional groups attached to an aromatic ring is 1. The van der Waals surface area contributed by atoms with Gasteiger partial charge in [0.1, 0.15) is 5.82 Å². The Balaban J connectivity index is 2.29. The molecule has 3 rings (SSSR count). The molecule has 1 aromatic carbocycles. The third kappa shape index (κ3) is 0.999. The maximum absolute atomic E-state index is 13.2. The van der Waals surface area contributed by atoms with E-state index in [0.717, 1.165) is 23.9 Å². The summed E-state index contributed by atoms with van der Waals surface area (Å²) in [5, 5.41) is 0. The molecule has 1 fully saturated rings. The van der Waals surface area contributed by atoms with Crippen molar-refractivity contribution in [3.63, 3.8) is 0 Å². The Morgan fingerprint density at radius 1 is 1.43 bits per heavy atom. The number of fused-ring (bicyclic) bond motifs is 1. The Morgan fingerprint density at radius 3 is 2.93 bits per heavy atom. The number of nitrogens with two attached hydrogens (primary N) is 1. The molecule has 0 spiro atoms. The van der Waals surface area contributed by atoms with Crippen LogP contribution in [-0.4, -0.2) is 9.55 Å². The minimum absolute atomic E-state index is 0.165. The van der Waals surface area contributed by atoms with Crippen molar-refractivity contribution >= 4 is 16.7 Å². The van der Waals surface area contributed by atoms with E-state index >= 15 is 0 Å². The molecule has 0 unspecified atom stereocenters. The molecule has 72 valence electrons. The van der Waals surface area contributed by atoms with Crippen molar-refractivity contribution in [2.75, 3.05) is 5.73 Å². The maximum Gasteiger partial charge on any atom is 0.148 e. The topological polar surface area (TPSA) is 43.8 Å². The van der Waals surface area contributed by atoms with Crippen LogP contribution in [-0.2, 0) is 0 Å². The molecule has 1 aliphatic rings. The lowest BCUT2D eigenvalue weighted by atomic mass is 10.2. The minimum atomic E-state index is -0.361. The monoisotopic (exact) mass is 191 g/mol. The van der Waals surface area contributed by atoms with Gasteiger partial charge in [0.05, 0.1) is 23.0 Å². The van der Waals surface area contributed by atoms with Crippen LogP contribution in [0, 0.1) is 5.82 Å². The minimum Gasteiger partial charge on any atom is -0.396 e. The number of rotatable bonds is 1. The lowest BCUT2D eigenvalue weighted by molar-refractivity contribution is 0.632. The summed E-state index contributed by atoms with van der Waals surface area (Å²) in [7, 11) is 0. The predicted octanol–water partition coefficient (Wildman–Crippen LogP) is 2.09. The average Bonchev–Trinajstić information content (AvgIpc) is 2.91. The zero-order valence-electron chi connectivity index (χ0n) is 7.57. The van der Waals surface area contributed by atoms with Gasteiger partial charge in [0, 0.05) is 12.1 Å². The lowest BCUT2D eigenvalue weighted by Gasteiger charge is -2.01. The van der Waals surface area contributed by atoms with Crippen LogP contribution in [0.25, 0.3) is 11.0 Å². The summed E-state index contributed by atoms with van der Waals surface area (Å²) in [6.07, 6.45) is 4.09. The van der Waals surface area contributed by atoms with E-state index in [9.17, 15) is 4.39 Å². The van der Waals surface area contributed by atoms with Crippen LogP contribution in [0.3, 0.4) is 0 Å². The van der Waals surface area contributed by atoms with E-state index in [1.807, 2.05) is 4.57 Å². The van der Waals surface area contributed by atoms with E-state index in [-0.39, 0.29) is 11.5 Å². The SMILES string of the molecule is Nc1cc2ncn(C3CC3)c2cc1F. The van der Waals surface area contributed by atoms with Gasteiger partial charge in [0.2, 0.25) is 0 Å². The van der Waals surface area contributed by atoms with Crippen molar-refractivity contribution in [1.82, 2.24) is 9.55 Å². The molecule has 0 bridgehead atoms. The summed E-state index contributed by atoms with van der Waals surface area (Å²) >= 11 is 0. The summed E-state index contributed by atoms with van der Waals surface area (Å²) in [5.41, 5.74) is 7.25. The number of halogens is 1. The third-order valence-corrected chi connectivity index (χ3v) is 2.63. The van der Waals surface area contributed by atoms with Crippen molar-refractivity contribution in [2.45, 2.75) is 18.9 Å². The van der Waals surface area contributed by atoms with E-state index in [2.05, 4.69) is 4.98 Å². The standard InChI is InChI=1S/C10H10FN3/c11-7-3-10-9(4-8(7)12)13-5-14(10)6-1-2-6/h3-6H,1-2,12H2. The molecule has 2 N–H and O–H groups in total. The van der Waals surface area contributed by atoms with Gasteiger partial charge in [-0.25, -0.2) is 9.37 Å². The smallest absolute Gasteiger partial charge is 0.148 e. The highest BCUT2D eigenvalue weighted by Gasteiger charge is 2.25. The summed E-state index contributed by atoms with van der Waals surface area (Å²) < 4.78 is 15.2. The van der Waals surface area contributed by atoms with Crippen molar-refractivity contribution in [3.05, 3.63) is 24.3 Å². The van der Waals surface area contributed by atoms with E-state index < -0.39 is 0 Å². The molecule has 1 aromatic heterocycles. The average molecular weight is 191 g/mol. The highest BCUT2D eigenvalue weighted by Crippen LogP contribution is 2.37. The van der Waals surface area contributed by atoms with E-state index in [1.165, 1.54) is 6.07 Å². The highest BCUT2D eigenvalue weighted by atomic mass is 19.1. The number of benzene rings is 1. The van der Waals surface area contributed by atoms with Crippen LogP contribution >= 0.6 is 0 Å². The van der Waals surface area contributed by atoms with Gasteiger partial charge in [-0.15, -0.1) is 0 Å². The first-order chi connectivity index (χ1) is 6.75. The highest BCUT2D eigenvalue weighted by molar-refractivity contribution is 5.79. The van der Waals surface area contributed by atoms with Gasteiger partial charge in [-0.3, -0.25) is 0 Å². The van der Waals surface area contributed by atoms with Crippen LogP contribution in [0.4, 0.5) is 10.1 Å².